The molecule has 0 aliphatic carbocycles. The highest BCUT2D eigenvalue weighted by atomic mass is 35.5. The number of rotatable bonds is 3. The highest BCUT2D eigenvalue weighted by Crippen LogP contribution is 2.29. The van der Waals surface area contributed by atoms with Crippen LogP contribution in [-0.2, 0) is 9.84 Å². The SMILES string of the molecule is CS(=O)(=O)CC1CCCN(c2ncnc3ccc(Cl)cc23)C1. The van der Waals surface area contributed by atoms with Crippen LogP contribution >= 0.6 is 11.6 Å². The zero-order chi connectivity index (χ0) is 15.7. The molecule has 7 heteroatoms. The first-order valence-electron chi connectivity index (χ1n) is 7.25. The van der Waals surface area contributed by atoms with Gasteiger partial charge in [-0.3, -0.25) is 0 Å². The molecular weight excluding hydrogens is 322 g/mol. The molecule has 0 saturated carbocycles. The lowest BCUT2D eigenvalue weighted by Gasteiger charge is -2.33. The molecular formula is C15H18ClN3O2S. The fourth-order valence-electron chi connectivity index (χ4n) is 3.09. The number of aromatic nitrogens is 2. The first kappa shape index (κ1) is 15.5. The molecule has 0 spiro atoms. The van der Waals surface area contributed by atoms with E-state index in [-0.39, 0.29) is 11.7 Å². The van der Waals surface area contributed by atoms with E-state index in [4.69, 9.17) is 11.6 Å². The van der Waals surface area contributed by atoms with Crippen molar-refractivity contribution in [2.24, 2.45) is 5.92 Å². The second kappa shape index (κ2) is 6.01. The number of hydrogen-bond acceptors (Lipinski definition) is 5. The monoisotopic (exact) mass is 339 g/mol. The van der Waals surface area contributed by atoms with Gasteiger partial charge in [0, 0.05) is 29.8 Å². The zero-order valence-corrected chi connectivity index (χ0v) is 13.9. The summed E-state index contributed by atoms with van der Waals surface area (Å²) in [6.07, 6.45) is 4.75. The topological polar surface area (TPSA) is 63.2 Å². The molecule has 1 aliphatic rings. The number of nitrogens with zero attached hydrogens (tertiary/aromatic N) is 3. The van der Waals surface area contributed by atoms with Crippen molar-refractivity contribution < 1.29 is 8.42 Å². The molecule has 1 aromatic carbocycles. The van der Waals surface area contributed by atoms with Crippen LogP contribution in [0.1, 0.15) is 12.8 Å². The van der Waals surface area contributed by atoms with Gasteiger partial charge in [0.15, 0.2) is 0 Å². The summed E-state index contributed by atoms with van der Waals surface area (Å²) in [4.78, 5) is 10.8. The van der Waals surface area contributed by atoms with E-state index >= 15 is 0 Å². The Labute approximate surface area is 135 Å². The van der Waals surface area contributed by atoms with Gasteiger partial charge in [0.05, 0.1) is 11.3 Å². The summed E-state index contributed by atoms with van der Waals surface area (Å²) in [5, 5.41) is 1.56. The third kappa shape index (κ3) is 3.50. The van der Waals surface area contributed by atoms with Crippen molar-refractivity contribution in [2.75, 3.05) is 30.0 Å². The van der Waals surface area contributed by atoms with Crippen LogP contribution < -0.4 is 4.90 Å². The largest absolute Gasteiger partial charge is 0.356 e. The van der Waals surface area contributed by atoms with Gasteiger partial charge in [-0.1, -0.05) is 11.6 Å². The Morgan fingerprint density at radius 2 is 2.18 bits per heavy atom. The predicted octanol–water partition coefficient (Wildman–Crippen LogP) is 2.54. The van der Waals surface area contributed by atoms with Crippen molar-refractivity contribution in [1.29, 1.82) is 0 Å². The molecule has 0 amide bonds. The maximum absolute atomic E-state index is 11.5. The normalized spacial score (nSPS) is 19.5. The molecule has 2 aromatic rings. The summed E-state index contributed by atoms with van der Waals surface area (Å²) in [6, 6.07) is 5.55. The van der Waals surface area contributed by atoms with Crippen molar-refractivity contribution >= 4 is 38.2 Å². The van der Waals surface area contributed by atoms with E-state index in [1.165, 1.54) is 6.26 Å². The van der Waals surface area contributed by atoms with Crippen molar-refractivity contribution in [3.8, 4) is 0 Å². The minimum absolute atomic E-state index is 0.146. The molecule has 1 aromatic heterocycles. The van der Waals surface area contributed by atoms with E-state index in [0.29, 0.717) is 11.6 Å². The van der Waals surface area contributed by atoms with Gasteiger partial charge in [0.2, 0.25) is 0 Å². The third-order valence-electron chi connectivity index (χ3n) is 3.93. The summed E-state index contributed by atoms with van der Waals surface area (Å²) >= 11 is 6.09. The number of sulfone groups is 1. The maximum atomic E-state index is 11.5. The molecule has 5 nitrogen and oxygen atoms in total. The fraction of sp³-hybridized carbons (Fsp3) is 0.467. The van der Waals surface area contributed by atoms with E-state index in [0.717, 1.165) is 36.1 Å². The number of piperidine rings is 1. The van der Waals surface area contributed by atoms with Gasteiger partial charge in [0.25, 0.3) is 0 Å². The van der Waals surface area contributed by atoms with E-state index in [1.807, 2.05) is 18.2 Å². The molecule has 22 heavy (non-hydrogen) atoms. The first-order valence-corrected chi connectivity index (χ1v) is 9.69. The number of hydrogen-bond donors (Lipinski definition) is 0. The summed E-state index contributed by atoms with van der Waals surface area (Å²) in [7, 11) is -2.96. The molecule has 1 unspecified atom stereocenters. The predicted molar refractivity (Wildman–Crippen MR) is 89.2 cm³/mol. The highest BCUT2D eigenvalue weighted by Gasteiger charge is 2.25. The molecule has 3 rings (SSSR count). The number of anilines is 1. The Balaban J connectivity index is 1.92. The summed E-state index contributed by atoms with van der Waals surface area (Å²) in [5.74, 6) is 1.21. The van der Waals surface area contributed by atoms with E-state index in [2.05, 4.69) is 14.9 Å². The third-order valence-corrected chi connectivity index (χ3v) is 5.25. The minimum atomic E-state index is -2.96. The lowest BCUT2D eigenvalue weighted by Crippen LogP contribution is -2.38. The molecule has 1 saturated heterocycles. The van der Waals surface area contributed by atoms with Gasteiger partial charge < -0.3 is 4.90 Å². The van der Waals surface area contributed by atoms with Crippen LogP contribution in [0, 0.1) is 5.92 Å². The van der Waals surface area contributed by atoms with Crippen molar-refractivity contribution in [2.45, 2.75) is 12.8 Å². The van der Waals surface area contributed by atoms with Crippen LogP contribution in [-0.4, -0.2) is 43.5 Å². The summed E-state index contributed by atoms with van der Waals surface area (Å²) in [6.45, 7) is 1.57. The lowest BCUT2D eigenvalue weighted by atomic mass is 10.00. The minimum Gasteiger partial charge on any atom is -0.356 e. The van der Waals surface area contributed by atoms with Gasteiger partial charge in [-0.2, -0.15) is 0 Å². The zero-order valence-electron chi connectivity index (χ0n) is 12.4. The Morgan fingerprint density at radius 3 is 2.95 bits per heavy atom. The van der Waals surface area contributed by atoms with Gasteiger partial charge in [-0.15, -0.1) is 0 Å². The smallest absolute Gasteiger partial charge is 0.147 e. The Morgan fingerprint density at radius 1 is 1.36 bits per heavy atom. The lowest BCUT2D eigenvalue weighted by molar-refractivity contribution is 0.443. The van der Waals surface area contributed by atoms with E-state index in [1.54, 1.807) is 6.33 Å². The van der Waals surface area contributed by atoms with Gasteiger partial charge in [-0.05, 0) is 37.0 Å². The number of halogens is 1. The maximum Gasteiger partial charge on any atom is 0.147 e. The molecule has 118 valence electrons. The molecule has 1 fully saturated rings. The van der Waals surface area contributed by atoms with Crippen molar-refractivity contribution in [3.63, 3.8) is 0 Å². The van der Waals surface area contributed by atoms with E-state index < -0.39 is 9.84 Å². The molecule has 0 N–H and O–H groups in total. The highest BCUT2D eigenvalue weighted by molar-refractivity contribution is 7.90. The number of benzene rings is 1. The van der Waals surface area contributed by atoms with Crippen LogP contribution in [0.2, 0.25) is 5.02 Å². The van der Waals surface area contributed by atoms with Crippen LogP contribution in [0.15, 0.2) is 24.5 Å². The van der Waals surface area contributed by atoms with Gasteiger partial charge in [0.1, 0.15) is 22.0 Å². The molecule has 0 bridgehead atoms. The Bertz CT molecular complexity index is 794. The second-order valence-electron chi connectivity index (χ2n) is 5.91. The second-order valence-corrected chi connectivity index (χ2v) is 8.53. The number of fused-ring (bicyclic) bond motifs is 1. The van der Waals surface area contributed by atoms with Crippen LogP contribution in [0.4, 0.5) is 5.82 Å². The van der Waals surface area contributed by atoms with Gasteiger partial charge in [-0.25, -0.2) is 18.4 Å². The Hall–Kier alpha value is -1.40. The Kier molecular flexibility index (Phi) is 4.23. The summed E-state index contributed by atoms with van der Waals surface area (Å²) in [5.41, 5.74) is 0.847. The van der Waals surface area contributed by atoms with E-state index in [9.17, 15) is 8.42 Å². The molecule has 2 heterocycles. The fourth-order valence-corrected chi connectivity index (χ4v) is 4.39. The van der Waals surface area contributed by atoms with Crippen molar-refractivity contribution in [3.05, 3.63) is 29.5 Å². The van der Waals surface area contributed by atoms with Crippen LogP contribution in [0.3, 0.4) is 0 Å². The van der Waals surface area contributed by atoms with Crippen molar-refractivity contribution in [1.82, 2.24) is 9.97 Å². The average Bonchev–Trinajstić information content (AvgIpc) is 2.45. The van der Waals surface area contributed by atoms with Crippen LogP contribution in [0.25, 0.3) is 10.9 Å². The standard InChI is InChI=1S/C15H18ClN3O2S/c1-22(20,21)9-11-3-2-6-19(8-11)15-13-7-12(16)4-5-14(13)17-10-18-15/h4-5,7,10-11H,2-3,6,8-9H2,1H3. The molecule has 0 radical (unpaired) electrons. The van der Waals surface area contributed by atoms with Gasteiger partial charge >= 0.3 is 0 Å². The average molecular weight is 340 g/mol. The van der Waals surface area contributed by atoms with Crippen LogP contribution in [0.5, 0.6) is 0 Å². The summed E-state index contributed by atoms with van der Waals surface area (Å²) < 4.78 is 23.1. The molecule has 1 atom stereocenters. The molecule has 1 aliphatic heterocycles. The first-order chi connectivity index (χ1) is 10.4. The quantitative estimate of drug-likeness (QED) is 0.860.